The average molecular weight is 321 g/mol. The fraction of sp³-hybridized carbons (Fsp3) is 0.417. The number of hydrogen-bond donors (Lipinski definition) is 4. The van der Waals surface area contributed by atoms with Crippen LogP contribution in [0.4, 0.5) is 4.79 Å². The van der Waals surface area contributed by atoms with E-state index in [-0.39, 0.29) is 28.9 Å². The van der Waals surface area contributed by atoms with Gasteiger partial charge in [-0.25, -0.2) is 4.79 Å². The van der Waals surface area contributed by atoms with Gasteiger partial charge in [-0.3, -0.25) is 0 Å². The van der Waals surface area contributed by atoms with Gasteiger partial charge >= 0.3 is 6.03 Å². The molecule has 0 aromatic heterocycles. The van der Waals surface area contributed by atoms with Crippen molar-refractivity contribution in [3.63, 3.8) is 0 Å². The van der Waals surface area contributed by atoms with Gasteiger partial charge in [-0.1, -0.05) is 23.2 Å². The number of benzene rings is 1. The van der Waals surface area contributed by atoms with Gasteiger partial charge in [0.2, 0.25) is 0 Å². The molecular weight excluding hydrogens is 307 g/mol. The molecule has 1 unspecified atom stereocenters. The molecule has 2 rings (SSSR count). The molecule has 0 bridgehead atoms. The third kappa shape index (κ3) is 2.93. The number of aromatic hydroxyl groups is 1. The molecule has 110 valence electrons. The summed E-state index contributed by atoms with van der Waals surface area (Å²) < 4.78 is 0. The van der Waals surface area contributed by atoms with Crippen LogP contribution in [0.15, 0.2) is 12.1 Å². The zero-order valence-electron chi connectivity index (χ0n) is 10.4. The molecular formula is C12H14Cl2N2O4. The van der Waals surface area contributed by atoms with Crippen molar-refractivity contribution >= 4 is 29.2 Å². The van der Waals surface area contributed by atoms with Crippen molar-refractivity contribution in [1.82, 2.24) is 10.2 Å². The summed E-state index contributed by atoms with van der Waals surface area (Å²) in [6, 6.07) is 1.94. The van der Waals surface area contributed by atoms with E-state index in [1.165, 1.54) is 17.0 Å². The predicted octanol–water partition coefficient (Wildman–Crippen LogP) is 1.12. The highest BCUT2D eigenvalue weighted by atomic mass is 35.5. The summed E-state index contributed by atoms with van der Waals surface area (Å²) in [4.78, 5) is 13.1. The molecule has 8 heteroatoms. The van der Waals surface area contributed by atoms with Crippen molar-refractivity contribution in [3.05, 3.63) is 27.7 Å². The van der Waals surface area contributed by atoms with E-state index in [1.807, 2.05) is 0 Å². The number of aliphatic hydroxyl groups excluding tert-OH is 2. The van der Waals surface area contributed by atoms with Gasteiger partial charge < -0.3 is 25.5 Å². The summed E-state index contributed by atoms with van der Waals surface area (Å²) in [7, 11) is 0. The van der Waals surface area contributed by atoms with E-state index < -0.39 is 24.8 Å². The Morgan fingerprint density at radius 2 is 2.15 bits per heavy atom. The monoisotopic (exact) mass is 320 g/mol. The highest BCUT2D eigenvalue weighted by Gasteiger charge is 2.33. The Hall–Kier alpha value is -1.21. The van der Waals surface area contributed by atoms with Crippen LogP contribution in [0.2, 0.25) is 10.0 Å². The molecule has 1 aliphatic rings. The molecule has 1 fully saturated rings. The minimum absolute atomic E-state index is 0.00220. The average Bonchev–Trinajstić information content (AvgIpc) is 2.75. The van der Waals surface area contributed by atoms with E-state index in [1.54, 1.807) is 0 Å². The number of amides is 2. The minimum atomic E-state index is -1.01. The molecule has 2 amide bonds. The minimum Gasteiger partial charge on any atom is -0.508 e. The summed E-state index contributed by atoms with van der Waals surface area (Å²) in [5.41, 5.74) is 0.341. The molecule has 6 nitrogen and oxygen atoms in total. The molecule has 0 spiro atoms. The van der Waals surface area contributed by atoms with E-state index >= 15 is 0 Å². The fourth-order valence-corrected chi connectivity index (χ4v) is 2.57. The number of urea groups is 1. The third-order valence-corrected chi connectivity index (χ3v) is 3.91. The lowest BCUT2D eigenvalue weighted by atomic mass is 10.1. The largest absolute Gasteiger partial charge is 0.508 e. The Balaban J connectivity index is 2.20. The first-order chi connectivity index (χ1) is 9.43. The SMILES string of the molecule is O=C1N[C@@H](c2c(O)ccc(Cl)c2Cl)CN1CC(O)CO. The summed E-state index contributed by atoms with van der Waals surface area (Å²) >= 11 is 12.0. The van der Waals surface area contributed by atoms with Crippen LogP contribution in [0.1, 0.15) is 11.6 Å². The molecule has 1 saturated heterocycles. The maximum Gasteiger partial charge on any atom is 0.318 e. The first-order valence-electron chi connectivity index (χ1n) is 5.95. The van der Waals surface area contributed by atoms with Crippen LogP contribution in [0.5, 0.6) is 5.75 Å². The van der Waals surface area contributed by atoms with Gasteiger partial charge in [0, 0.05) is 12.1 Å². The number of phenolic OH excluding ortho intramolecular Hbond substituents is 1. The van der Waals surface area contributed by atoms with Gasteiger partial charge in [-0.2, -0.15) is 0 Å². The van der Waals surface area contributed by atoms with Crippen LogP contribution >= 0.6 is 23.2 Å². The Kier molecular flexibility index (Phi) is 4.59. The lowest BCUT2D eigenvalue weighted by Crippen LogP contribution is -2.36. The Labute approximate surface area is 125 Å². The van der Waals surface area contributed by atoms with Crippen molar-refractivity contribution < 1.29 is 20.1 Å². The van der Waals surface area contributed by atoms with Crippen LogP contribution in [0, 0.1) is 0 Å². The number of aliphatic hydroxyl groups is 2. The van der Waals surface area contributed by atoms with E-state index in [0.29, 0.717) is 5.56 Å². The first-order valence-corrected chi connectivity index (χ1v) is 6.70. The summed E-state index contributed by atoms with van der Waals surface area (Å²) in [6.45, 7) is -0.223. The van der Waals surface area contributed by atoms with Crippen molar-refractivity contribution in [2.24, 2.45) is 0 Å². The molecule has 0 aliphatic carbocycles. The summed E-state index contributed by atoms with van der Waals surface area (Å²) in [6.07, 6.45) is -1.01. The predicted molar refractivity (Wildman–Crippen MR) is 74.1 cm³/mol. The zero-order chi connectivity index (χ0) is 14.9. The van der Waals surface area contributed by atoms with Crippen LogP contribution in [0.3, 0.4) is 0 Å². The third-order valence-electron chi connectivity index (χ3n) is 3.09. The van der Waals surface area contributed by atoms with Crippen LogP contribution < -0.4 is 5.32 Å². The van der Waals surface area contributed by atoms with Crippen LogP contribution in [0.25, 0.3) is 0 Å². The Morgan fingerprint density at radius 3 is 2.80 bits per heavy atom. The maximum absolute atomic E-state index is 11.8. The number of rotatable bonds is 4. The zero-order valence-corrected chi connectivity index (χ0v) is 11.9. The van der Waals surface area contributed by atoms with Gasteiger partial charge in [0.25, 0.3) is 0 Å². The molecule has 1 aliphatic heterocycles. The highest BCUT2D eigenvalue weighted by molar-refractivity contribution is 6.42. The van der Waals surface area contributed by atoms with Crippen molar-refractivity contribution in [2.45, 2.75) is 12.1 Å². The number of nitrogens with zero attached hydrogens (tertiary/aromatic N) is 1. The van der Waals surface area contributed by atoms with E-state index in [0.717, 1.165) is 0 Å². The Bertz CT molecular complexity index is 526. The highest BCUT2D eigenvalue weighted by Crippen LogP contribution is 2.38. The van der Waals surface area contributed by atoms with Crippen molar-refractivity contribution in [2.75, 3.05) is 19.7 Å². The second kappa shape index (κ2) is 6.05. The number of halogens is 2. The normalized spacial score (nSPS) is 20.1. The summed E-state index contributed by atoms with van der Waals surface area (Å²) in [5.74, 6) is -0.0609. The number of β-amino-alcohol motifs (C(OH)–C–C–N with tert-alkyl or cyclic N) is 1. The number of phenols is 1. The van der Waals surface area contributed by atoms with Gasteiger partial charge in [0.15, 0.2) is 0 Å². The summed E-state index contributed by atoms with van der Waals surface area (Å²) in [5, 5.41) is 31.2. The van der Waals surface area contributed by atoms with Gasteiger partial charge in [0.1, 0.15) is 5.75 Å². The Morgan fingerprint density at radius 1 is 1.45 bits per heavy atom. The second-order valence-electron chi connectivity index (χ2n) is 4.54. The second-order valence-corrected chi connectivity index (χ2v) is 5.32. The number of hydrogen-bond acceptors (Lipinski definition) is 4. The molecule has 1 aromatic carbocycles. The maximum atomic E-state index is 11.8. The van der Waals surface area contributed by atoms with E-state index in [2.05, 4.69) is 5.32 Å². The van der Waals surface area contributed by atoms with E-state index in [9.17, 15) is 15.0 Å². The lowest BCUT2D eigenvalue weighted by molar-refractivity contribution is 0.0722. The van der Waals surface area contributed by atoms with Crippen LogP contribution in [-0.2, 0) is 0 Å². The number of carbonyl (C=O) groups excluding carboxylic acids is 1. The molecule has 20 heavy (non-hydrogen) atoms. The number of carbonyl (C=O) groups is 1. The van der Waals surface area contributed by atoms with Crippen LogP contribution in [-0.4, -0.2) is 52.1 Å². The van der Waals surface area contributed by atoms with Crippen molar-refractivity contribution in [3.8, 4) is 5.75 Å². The standard InChI is InChI=1S/C12H14Cl2N2O4/c13-7-1-2-9(19)10(11(7)14)8-4-16(12(20)15-8)3-6(18)5-17/h1-2,6,8,17-19H,3-5H2,(H,15,20)/t6?,8-/m1/s1. The molecule has 0 radical (unpaired) electrons. The number of nitrogens with one attached hydrogen (secondary N) is 1. The quantitative estimate of drug-likeness (QED) is 0.669. The molecule has 1 aromatic rings. The fourth-order valence-electron chi connectivity index (χ4n) is 2.11. The lowest BCUT2D eigenvalue weighted by Gasteiger charge is -2.18. The van der Waals surface area contributed by atoms with Gasteiger partial charge in [-0.05, 0) is 12.1 Å². The molecule has 0 saturated carbocycles. The van der Waals surface area contributed by atoms with E-state index in [4.69, 9.17) is 28.3 Å². The molecule has 4 N–H and O–H groups in total. The topological polar surface area (TPSA) is 93.0 Å². The smallest absolute Gasteiger partial charge is 0.318 e. The van der Waals surface area contributed by atoms with Gasteiger partial charge in [-0.15, -0.1) is 0 Å². The molecule has 1 heterocycles. The first kappa shape index (κ1) is 15.2. The van der Waals surface area contributed by atoms with Gasteiger partial charge in [0.05, 0.1) is 35.3 Å². The van der Waals surface area contributed by atoms with Crippen molar-refractivity contribution in [1.29, 1.82) is 0 Å². The molecule has 2 atom stereocenters.